The van der Waals surface area contributed by atoms with E-state index >= 15 is 0 Å². The number of aromatic carboxylic acids is 1. The molecule has 42 heavy (non-hydrogen) atoms. The maximum atomic E-state index is 12.5. The van der Waals surface area contributed by atoms with Gasteiger partial charge in [-0.1, -0.05) is 55.0 Å². The van der Waals surface area contributed by atoms with Gasteiger partial charge in [-0.25, -0.2) is 4.79 Å². The van der Waals surface area contributed by atoms with E-state index in [0.717, 1.165) is 16.7 Å². The van der Waals surface area contributed by atoms with Crippen molar-refractivity contribution in [3.8, 4) is 0 Å². The fourth-order valence-corrected chi connectivity index (χ4v) is 5.77. The lowest BCUT2D eigenvalue weighted by Crippen LogP contribution is -2.31. The number of benzene rings is 3. The molecule has 0 aromatic heterocycles. The number of rotatable bonds is 14. The number of hydrogen-bond acceptors (Lipinski definition) is 7. The van der Waals surface area contributed by atoms with Crippen LogP contribution in [0.15, 0.2) is 77.7 Å². The summed E-state index contributed by atoms with van der Waals surface area (Å²) in [6, 6.07) is 21.7. The molecule has 3 aromatic carbocycles. The van der Waals surface area contributed by atoms with Crippen molar-refractivity contribution in [1.29, 1.82) is 0 Å². The van der Waals surface area contributed by atoms with E-state index in [1.165, 1.54) is 11.8 Å². The number of carboxylic acid groups (broad SMARTS) is 2. The topological polar surface area (TPSA) is 142 Å². The lowest BCUT2D eigenvalue weighted by molar-refractivity contribution is -0.245. The van der Waals surface area contributed by atoms with Crippen molar-refractivity contribution < 1.29 is 39.2 Å². The molecule has 3 atom stereocenters. The van der Waals surface area contributed by atoms with E-state index in [2.05, 4.69) is 5.32 Å². The van der Waals surface area contributed by atoms with Crippen LogP contribution >= 0.6 is 11.8 Å². The molecular weight excluding hydrogens is 558 g/mol. The van der Waals surface area contributed by atoms with Gasteiger partial charge < -0.3 is 30.1 Å². The van der Waals surface area contributed by atoms with Gasteiger partial charge in [-0.3, -0.25) is 9.59 Å². The predicted molar refractivity (Wildman–Crippen MR) is 158 cm³/mol. The normalized spacial score (nSPS) is 18.4. The smallest absolute Gasteiger partial charge is 0.336 e. The average Bonchev–Trinajstić information content (AvgIpc) is 3.00. The highest BCUT2D eigenvalue weighted by Gasteiger charge is 2.32. The van der Waals surface area contributed by atoms with Crippen LogP contribution in [0.2, 0.25) is 0 Å². The van der Waals surface area contributed by atoms with Crippen molar-refractivity contribution in [3.63, 3.8) is 0 Å². The second kappa shape index (κ2) is 15.5. The standard InChI is InChI=1S/C32H35NO8S/c34-19-21-13-15-22(16-14-21)27-18-25(20-42-28-10-5-4-9-26(28)31(38)39)40-32(41-27)23-7-6-8-24(17-23)33-29(35)11-2-1-3-12-30(36)37/h4-10,13-17,25,27,32,34H,1-3,11-12,18-20H2,(H,33,35)(H,36,37)(H,38,39)/t25-,27+,32+/m0/s1. The number of thioether (sulfide) groups is 1. The van der Waals surface area contributed by atoms with E-state index < -0.39 is 18.2 Å². The molecule has 0 aliphatic carbocycles. The summed E-state index contributed by atoms with van der Waals surface area (Å²) in [5.74, 6) is -1.46. The summed E-state index contributed by atoms with van der Waals surface area (Å²) in [7, 11) is 0. The SMILES string of the molecule is O=C(O)CCCCCC(=O)Nc1cccc([C@@H]2O[C@H](CSc3ccccc3C(=O)O)C[C@H](c3ccc(CO)cc3)O2)c1. The molecule has 1 aliphatic heterocycles. The van der Waals surface area contributed by atoms with E-state index in [4.69, 9.17) is 14.6 Å². The minimum absolute atomic E-state index is 0.0549. The first-order valence-corrected chi connectivity index (χ1v) is 14.9. The number of anilines is 1. The predicted octanol–water partition coefficient (Wildman–Crippen LogP) is 6.19. The van der Waals surface area contributed by atoms with Crippen molar-refractivity contribution in [2.75, 3.05) is 11.1 Å². The molecule has 9 nitrogen and oxygen atoms in total. The highest BCUT2D eigenvalue weighted by molar-refractivity contribution is 7.99. The monoisotopic (exact) mass is 593 g/mol. The highest BCUT2D eigenvalue weighted by Crippen LogP contribution is 2.40. The second-order valence-corrected chi connectivity index (χ2v) is 11.2. The lowest BCUT2D eigenvalue weighted by Gasteiger charge is -2.36. The van der Waals surface area contributed by atoms with Gasteiger partial charge in [0.15, 0.2) is 6.29 Å². The van der Waals surface area contributed by atoms with Crippen molar-refractivity contribution in [2.45, 2.75) is 68.5 Å². The number of aliphatic carboxylic acids is 1. The summed E-state index contributed by atoms with van der Waals surface area (Å²) in [5.41, 5.74) is 3.31. The number of amides is 1. The molecule has 10 heteroatoms. The van der Waals surface area contributed by atoms with Crippen molar-refractivity contribution in [2.24, 2.45) is 0 Å². The van der Waals surface area contributed by atoms with Gasteiger partial charge in [0.1, 0.15) is 0 Å². The Labute approximate surface area is 248 Å². The summed E-state index contributed by atoms with van der Waals surface area (Å²) in [6.45, 7) is -0.0549. The van der Waals surface area contributed by atoms with Crippen LogP contribution in [0.1, 0.15) is 78.0 Å². The molecule has 4 rings (SSSR count). The number of hydrogen-bond donors (Lipinski definition) is 4. The van der Waals surface area contributed by atoms with Crippen molar-refractivity contribution in [3.05, 3.63) is 95.1 Å². The van der Waals surface area contributed by atoms with Crippen LogP contribution in [0.3, 0.4) is 0 Å². The second-order valence-electron chi connectivity index (χ2n) is 10.1. The number of ether oxygens (including phenoxy) is 2. The minimum atomic E-state index is -0.982. The Kier molecular flexibility index (Phi) is 11.5. The van der Waals surface area contributed by atoms with Gasteiger partial charge >= 0.3 is 11.9 Å². The Morgan fingerprint density at radius 2 is 1.62 bits per heavy atom. The third kappa shape index (κ3) is 9.15. The van der Waals surface area contributed by atoms with Crippen molar-refractivity contribution >= 4 is 35.3 Å². The third-order valence-corrected chi connectivity index (χ3v) is 8.10. The van der Waals surface area contributed by atoms with Gasteiger partial charge in [-0.05, 0) is 48.2 Å². The molecule has 1 aliphatic rings. The largest absolute Gasteiger partial charge is 0.481 e. The van der Waals surface area contributed by atoms with Gasteiger partial charge in [-0.15, -0.1) is 11.8 Å². The Hall–Kier alpha value is -3.70. The first kappa shape index (κ1) is 31.2. The molecule has 0 unspecified atom stereocenters. The van der Waals surface area contributed by atoms with Gasteiger partial charge in [0.25, 0.3) is 0 Å². The Morgan fingerprint density at radius 3 is 2.36 bits per heavy atom. The zero-order valence-corrected chi connectivity index (χ0v) is 23.9. The lowest BCUT2D eigenvalue weighted by atomic mass is 10.0. The van der Waals surface area contributed by atoms with E-state index in [1.54, 1.807) is 24.3 Å². The molecule has 0 spiro atoms. The van der Waals surface area contributed by atoms with Gasteiger partial charge in [0.2, 0.25) is 5.91 Å². The first-order chi connectivity index (χ1) is 20.3. The van der Waals surface area contributed by atoms with E-state index in [1.807, 2.05) is 48.5 Å². The Balaban J connectivity index is 1.46. The zero-order chi connectivity index (χ0) is 29.9. The Bertz CT molecular complexity index is 1360. The maximum absolute atomic E-state index is 12.5. The number of aliphatic hydroxyl groups excluding tert-OH is 1. The van der Waals surface area contributed by atoms with Crippen LogP contribution < -0.4 is 5.32 Å². The van der Waals surface area contributed by atoms with Crippen LogP contribution in [0.5, 0.6) is 0 Å². The first-order valence-electron chi connectivity index (χ1n) is 13.9. The number of carboxylic acids is 2. The quantitative estimate of drug-likeness (QED) is 0.127. The van der Waals surface area contributed by atoms with Gasteiger partial charge in [0, 0.05) is 41.2 Å². The van der Waals surface area contributed by atoms with Crippen molar-refractivity contribution in [1.82, 2.24) is 0 Å². The molecule has 4 N–H and O–H groups in total. The van der Waals surface area contributed by atoms with Gasteiger partial charge in [0.05, 0.1) is 24.4 Å². The van der Waals surface area contributed by atoms with Crippen LogP contribution in [0.4, 0.5) is 5.69 Å². The van der Waals surface area contributed by atoms with E-state index in [0.29, 0.717) is 48.4 Å². The third-order valence-electron chi connectivity index (χ3n) is 6.89. The fraction of sp³-hybridized carbons (Fsp3) is 0.344. The fourth-order valence-electron chi connectivity index (χ4n) is 4.70. The number of unbranched alkanes of at least 4 members (excludes halogenated alkanes) is 2. The molecule has 0 bridgehead atoms. The summed E-state index contributed by atoms with van der Waals surface area (Å²) in [6.07, 6.45) is 1.47. The molecule has 0 saturated carbocycles. The molecule has 1 fully saturated rings. The minimum Gasteiger partial charge on any atom is -0.481 e. The van der Waals surface area contributed by atoms with E-state index in [-0.39, 0.29) is 36.7 Å². The van der Waals surface area contributed by atoms with Crippen LogP contribution in [0, 0.1) is 0 Å². The summed E-state index contributed by atoms with van der Waals surface area (Å²) >= 11 is 1.42. The molecule has 0 radical (unpaired) electrons. The summed E-state index contributed by atoms with van der Waals surface area (Å²) in [5, 5.41) is 30.7. The molecule has 1 saturated heterocycles. The van der Waals surface area contributed by atoms with Crippen LogP contribution in [-0.4, -0.2) is 45.0 Å². The number of aliphatic hydroxyl groups is 1. The molecule has 3 aromatic rings. The van der Waals surface area contributed by atoms with Gasteiger partial charge in [-0.2, -0.15) is 0 Å². The molecular formula is C32H35NO8S. The van der Waals surface area contributed by atoms with E-state index in [9.17, 15) is 24.6 Å². The zero-order valence-electron chi connectivity index (χ0n) is 23.1. The summed E-state index contributed by atoms with van der Waals surface area (Å²) in [4.78, 5) is 35.5. The van der Waals surface area contributed by atoms with Crippen LogP contribution in [0.25, 0.3) is 0 Å². The number of carbonyl (C=O) groups excluding carboxylic acids is 1. The number of carbonyl (C=O) groups is 3. The summed E-state index contributed by atoms with van der Waals surface area (Å²) < 4.78 is 12.8. The number of nitrogens with one attached hydrogen (secondary N) is 1. The highest BCUT2D eigenvalue weighted by atomic mass is 32.2. The molecule has 1 heterocycles. The molecule has 1 amide bonds. The Morgan fingerprint density at radius 1 is 0.857 bits per heavy atom. The molecule has 222 valence electrons. The average molecular weight is 594 g/mol. The van der Waals surface area contributed by atoms with Crippen LogP contribution in [-0.2, 0) is 25.7 Å². The maximum Gasteiger partial charge on any atom is 0.336 e.